The van der Waals surface area contributed by atoms with Gasteiger partial charge in [0.05, 0.1) is 5.41 Å². The molecule has 0 aliphatic heterocycles. The van der Waals surface area contributed by atoms with E-state index < -0.39 is 24.0 Å². The maximum atomic E-state index is 12.2. The van der Waals surface area contributed by atoms with Crippen molar-refractivity contribution in [1.82, 2.24) is 5.32 Å². The number of carbonyl (C=O) groups is 1. The van der Waals surface area contributed by atoms with Gasteiger partial charge in [-0.15, -0.1) is 0 Å². The first-order chi connectivity index (χ1) is 8.83. The van der Waals surface area contributed by atoms with Crippen LogP contribution >= 0.6 is 15.9 Å². The Bertz CT molecular complexity index is 466. The Balaban J connectivity index is 2.14. The van der Waals surface area contributed by atoms with Gasteiger partial charge in [0.15, 0.2) is 0 Å². The van der Waals surface area contributed by atoms with E-state index in [1.807, 2.05) is 5.32 Å². The minimum atomic E-state index is -4.37. The Morgan fingerprint density at radius 1 is 1.26 bits per heavy atom. The molecule has 0 radical (unpaired) electrons. The number of nitrogens with one attached hydrogen (secondary N) is 1. The summed E-state index contributed by atoms with van der Waals surface area (Å²) in [6, 6.07) is 7.17. The fourth-order valence-electron chi connectivity index (χ4n) is 2.30. The van der Waals surface area contributed by atoms with Crippen LogP contribution in [0.4, 0.5) is 13.2 Å². The minimum absolute atomic E-state index is 0.529. The molecule has 19 heavy (non-hydrogen) atoms. The van der Waals surface area contributed by atoms with Gasteiger partial charge < -0.3 is 5.32 Å². The molecule has 104 valence electrons. The zero-order chi connectivity index (χ0) is 14.1. The average molecular weight is 336 g/mol. The van der Waals surface area contributed by atoms with Gasteiger partial charge in [0.1, 0.15) is 6.54 Å². The lowest BCUT2D eigenvalue weighted by Crippen LogP contribution is -2.51. The third-order valence-electron chi connectivity index (χ3n) is 3.49. The highest BCUT2D eigenvalue weighted by Gasteiger charge is 2.46. The Morgan fingerprint density at radius 2 is 1.84 bits per heavy atom. The molecule has 0 aromatic heterocycles. The van der Waals surface area contributed by atoms with Crippen molar-refractivity contribution in [2.45, 2.75) is 30.9 Å². The first kappa shape index (κ1) is 14.4. The summed E-state index contributed by atoms with van der Waals surface area (Å²) in [5.41, 5.74) is -0.00648. The molecule has 1 aliphatic rings. The predicted molar refractivity (Wildman–Crippen MR) is 68.7 cm³/mol. The molecule has 0 unspecified atom stereocenters. The molecule has 1 aromatic carbocycles. The average Bonchev–Trinajstić information content (AvgIpc) is 2.26. The summed E-state index contributed by atoms with van der Waals surface area (Å²) < 4.78 is 37.4. The molecule has 6 heteroatoms. The van der Waals surface area contributed by atoms with Crippen LogP contribution in [0.2, 0.25) is 0 Å². The SMILES string of the molecule is O=C(NCC(F)(F)F)C1(c2ccc(Br)cc2)CCC1. The number of amides is 1. The van der Waals surface area contributed by atoms with Crippen molar-refractivity contribution in [1.29, 1.82) is 0 Å². The highest BCUT2D eigenvalue weighted by Crippen LogP contribution is 2.44. The van der Waals surface area contributed by atoms with Crippen molar-refractivity contribution < 1.29 is 18.0 Å². The highest BCUT2D eigenvalue weighted by molar-refractivity contribution is 9.10. The lowest BCUT2D eigenvalue weighted by molar-refractivity contribution is -0.144. The Kier molecular flexibility index (Phi) is 3.90. The van der Waals surface area contributed by atoms with Gasteiger partial charge in [0, 0.05) is 4.47 Å². The van der Waals surface area contributed by atoms with E-state index in [2.05, 4.69) is 15.9 Å². The molecule has 1 N–H and O–H groups in total. The van der Waals surface area contributed by atoms with Crippen LogP contribution in [0, 0.1) is 0 Å². The molecule has 1 aromatic rings. The molecular formula is C13H13BrF3NO. The van der Waals surface area contributed by atoms with E-state index in [0.29, 0.717) is 12.8 Å². The van der Waals surface area contributed by atoms with Gasteiger partial charge in [-0.3, -0.25) is 4.79 Å². The molecule has 2 nitrogen and oxygen atoms in total. The Hall–Kier alpha value is -1.04. The second-order valence-electron chi connectivity index (χ2n) is 4.74. The second-order valence-corrected chi connectivity index (χ2v) is 5.66. The summed E-state index contributed by atoms with van der Waals surface area (Å²) in [5, 5.41) is 2.00. The number of rotatable bonds is 3. The van der Waals surface area contributed by atoms with Gasteiger partial charge in [-0.25, -0.2) is 0 Å². The number of benzene rings is 1. The van der Waals surface area contributed by atoms with E-state index in [4.69, 9.17) is 0 Å². The number of carbonyl (C=O) groups excluding carboxylic acids is 1. The molecule has 1 aliphatic carbocycles. The number of hydrogen-bond donors (Lipinski definition) is 1. The first-order valence-corrected chi connectivity index (χ1v) is 6.74. The van der Waals surface area contributed by atoms with Crippen molar-refractivity contribution in [3.63, 3.8) is 0 Å². The molecule has 0 saturated heterocycles. The van der Waals surface area contributed by atoms with Gasteiger partial charge in [-0.1, -0.05) is 34.5 Å². The van der Waals surface area contributed by atoms with E-state index in [9.17, 15) is 18.0 Å². The summed E-state index contributed by atoms with van der Waals surface area (Å²) in [4.78, 5) is 12.1. The van der Waals surface area contributed by atoms with Gasteiger partial charge in [-0.2, -0.15) is 13.2 Å². The van der Waals surface area contributed by atoms with Crippen molar-refractivity contribution in [2.75, 3.05) is 6.54 Å². The largest absolute Gasteiger partial charge is 0.405 e. The van der Waals surface area contributed by atoms with Gasteiger partial charge in [-0.05, 0) is 30.5 Å². The van der Waals surface area contributed by atoms with E-state index in [0.717, 1.165) is 16.5 Å². The van der Waals surface area contributed by atoms with Crippen LogP contribution < -0.4 is 5.32 Å². The normalized spacial score (nSPS) is 17.7. The molecule has 0 bridgehead atoms. The first-order valence-electron chi connectivity index (χ1n) is 5.95. The Morgan fingerprint density at radius 3 is 2.26 bits per heavy atom. The molecule has 1 fully saturated rings. The van der Waals surface area contributed by atoms with Crippen LogP contribution in [-0.4, -0.2) is 18.6 Å². The molecule has 0 atom stereocenters. The molecule has 0 heterocycles. The lowest BCUT2D eigenvalue weighted by Gasteiger charge is -2.40. The maximum absolute atomic E-state index is 12.2. The molecule has 1 saturated carbocycles. The van der Waals surface area contributed by atoms with Gasteiger partial charge in [0.2, 0.25) is 5.91 Å². The topological polar surface area (TPSA) is 29.1 Å². The van der Waals surface area contributed by atoms with Crippen LogP contribution in [0.15, 0.2) is 28.7 Å². The molecular weight excluding hydrogens is 323 g/mol. The Labute approximate surface area is 117 Å². The summed E-state index contributed by atoms with van der Waals surface area (Å²) in [6.07, 6.45) is -2.33. The summed E-state index contributed by atoms with van der Waals surface area (Å²) in [6.45, 7) is -1.27. The minimum Gasteiger partial charge on any atom is -0.346 e. The van der Waals surface area contributed by atoms with Crippen molar-refractivity contribution >= 4 is 21.8 Å². The zero-order valence-corrected chi connectivity index (χ0v) is 11.6. The number of hydrogen-bond acceptors (Lipinski definition) is 1. The van der Waals surface area contributed by atoms with Crippen LogP contribution in [0.5, 0.6) is 0 Å². The highest BCUT2D eigenvalue weighted by atomic mass is 79.9. The third kappa shape index (κ3) is 3.11. The molecule has 2 rings (SSSR count). The maximum Gasteiger partial charge on any atom is 0.405 e. The van der Waals surface area contributed by atoms with Crippen LogP contribution in [0.1, 0.15) is 24.8 Å². The monoisotopic (exact) mass is 335 g/mol. The summed E-state index contributed by atoms with van der Waals surface area (Å²) in [7, 11) is 0. The van der Waals surface area contributed by atoms with Crippen LogP contribution in [0.3, 0.4) is 0 Å². The van der Waals surface area contributed by atoms with Crippen LogP contribution in [-0.2, 0) is 10.2 Å². The fraction of sp³-hybridized carbons (Fsp3) is 0.462. The number of alkyl halides is 3. The zero-order valence-electron chi connectivity index (χ0n) is 10.1. The smallest absolute Gasteiger partial charge is 0.346 e. The van der Waals surface area contributed by atoms with Crippen molar-refractivity contribution in [2.24, 2.45) is 0 Å². The van der Waals surface area contributed by atoms with Crippen molar-refractivity contribution in [3.8, 4) is 0 Å². The summed E-state index contributed by atoms with van der Waals surface area (Å²) in [5.74, 6) is -0.529. The van der Waals surface area contributed by atoms with E-state index >= 15 is 0 Å². The molecule has 0 spiro atoms. The summed E-state index contributed by atoms with van der Waals surface area (Å²) >= 11 is 3.30. The van der Waals surface area contributed by atoms with E-state index in [-0.39, 0.29) is 0 Å². The van der Waals surface area contributed by atoms with Crippen molar-refractivity contribution in [3.05, 3.63) is 34.3 Å². The van der Waals surface area contributed by atoms with Crippen LogP contribution in [0.25, 0.3) is 0 Å². The standard InChI is InChI=1S/C13H13BrF3NO/c14-10-4-2-9(3-5-10)12(6-1-7-12)11(19)18-8-13(15,16)17/h2-5H,1,6-8H2,(H,18,19). The van der Waals surface area contributed by atoms with E-state index in [1.165, 1.54) is 0 Å². The lowest BCUT2D eigenvalue weighted by atomic mass is 9.64. The third-order valence-corrected chi connectivity index (χ3v) is 4.02. The number of halogens is 4. The fourth-order valence-corrected chi connectivity index (χ4v) is 2.56. The van der Waals surface area contributed by atoms with Gasteiger partial charge in [0.25, 0.3) is 0 Å². The van der Waals surface area contributed by atoms with Gasteiger partial charge >= 0.3 is 6.18 Å². The second kappa shape index (κ2) is 5.15. The molecule has 1 amide bonds. The predicted octanol–water partition coefficient (Wildman–Crippen LogP) is 3.55. The van der Waals surface area contributed by atoms with E-state index in [1.54, 1.807) is 24.3 Å². The quantitative estimate of drug-likeness (QED) is 0.899.